The highest BCUT2D eigenvalue weighted by atomic mass is 15.2. The Hall–Kier alpha value is -0.0800. The van der Waals surface area contributed by atoms with Crippen LogP contribution < -0.4 is 5.32 Å². The van der Waals surface area contributed by atoms with Crippen molar-refractivity contribution in [3.05, 3.63) is 6.54 Å². The highest BCUT2D eigenvalue weighted by Gasteiger charge is 2.26. The molecule has 0 saturated carbocycles. The molecule has 0 amide bonds. The predicted molar refractivity (Wildman–Crippen MR) is 36.9 cm³/mol. The van der Waals surface area contributed by atoms with E-state index in [0.29, 0.717) is 0 Å². The van der Waals surface area contributed by atoms with Gasteiger partial charge in [0.1, 0.15) is 0 Å². The summed E-state index contributed by atoms with van der Waals surface area (Å²) in [6.45, 7) is 5.96. The smallest absolute Gasteiger partial charge is 0.0256 e. The summed E-state index contributed by atoms with van der Waals surface area (Å²) in [5.41, 5.74) is 0. The average Bonchev–Trinajstić information content (AvgIpc) is 2.33. The topological polar surface area (TPSA) is 15.3 Å². The third-order valence-corrected chi connectivity index (χ3v) is 2.26. The van der Waals surface area contributed by atoms with Crippen molar-refractivity contribution in [3.63, 3.8) is 0 Å². The van der Waals surface area contributed by atoms with Crippen LogP contribution in [0.15, 0.2) is 0 Å². The number of fused-ring (bicyclic) bond motifs is 1. The molecule has 2 aliphatic rings. The fraction of sp³-hybridized carbons (Fsp3) is 0.857. The number of piperazine rings is 1. The van der Waals surface area contributed by atoms with Crippen LogP contribution in [-0.2, 0) is 0 Å². The van der Waals surface area contributed by atoms with Gasteiger partial charge in [-0.2, -0.15) is 0 Å². The molecule has 1 radical (unpaired) electrons. The monoisotopic (exact) mass is 125 g/mol. The molecule has 2 heteroatoms. The standard InChI is InChI=1S/C7H13N2/c1-2-7-6-8-3-5-9(7)4-1/h4,7-8H,1-3,5-6H2. The molecular weight excluding hydrogens is 112 g/mol. The van der Waals surface area contributed by atoms with Gasteiger partial charge < -0.3 is 5.32 Å². The summed E-state index contributed by atoms with van der Waals surface area (Å²) in [4.78, 5) is 2.48. The van der Waals surface area contributed by atoms with Crippen LogP contribution in [0.1, 0.15) is 12.8 Å². The number of rotatable bonds is 0. The molecule has 2 saturated heterocycles. The van der Waals surface area contributed by atoms with Gasteiger partial charge in [-0.1, -0.05) is 0 Å². The molecule has 0 aliphatic carbocycles. The van der Waals surface area contributed by atoms with Gasteiger partial charge in [0.25, 0.3) is 0 Å². The lowest BCUT2D eigenvalue weighted by molar-refractivity contribution is 0.240. The summed E-state index contributed by atoms with van der Waals surface area (Å²) in [6, 6.07) is 0.832. The fourth-order valence-corrected chi connectivity index (χ4v) is 1.72. The Labute approximate surface area is 56.2 Å². The molecule has 0 aromatic carbocycles. The minimum atomic E-state index is 0.832. The van der Waals surface area contributed by atoms with E-state index >= 15 is 0 Å². The van der Waals surface area contributed by atoms with E-state index in [1.54, 1.807) is 0 Å². The highest BCUT2D eigenvalue weighted by Crippen LogP contribution is 2.20. The normalized spacial score (nSPS) is 36.7. The molecule has 0 bridgehead atoms. The van der Waals surface area contributed by atoms with Crippen molar-refractivity contribution in [2.75, 3.05) is 19.6 Å². The lowest BCUT2D eigenvalue weighted by Gasteiger charge is -2.29. The Bertz CT molecular complexity index is 91.1. The minimum absolute atomic E-state index is 0.832. The van der Waals surface area contributed by atoms with Gasteiger partial charge in [0, 0.05) is 32.2 Å². The van der Waals surface area contributed by atoms with Crippen LogP contribution in [0.2, 0.25) is 0 Å². The van der Waals surface area contributed by atoms with Gasteiger partial charge in [-0.25, -0.2) is 0 Å². The Morgan fingerprint density at radius 2 is 2.56 bits per heavy atom. The molecule has 0 aromatic rings. The van der Waals surface area contributed by atoms with E-state index in [-0.39, 0.29) is 0 Å². The fourth-order valence-electron chi connectivity index (χ4n) is 1.72. The van der Waals surface area contributed by atoms with Gasteiger partial charge in [0.15, 0.2) is 0 Å². The molecule has 1 N–H and O–H groups in total. The number of hydrogen-bond donors (Lipinski definition) is 1. The van der Waals surface area contributed by atoms with Crippen LogP contribution in [0.4, 0.5) is 0 Å². The van der Waals surface area contributed by atoms with Gasteiger partial charge in [0.2, 0.25) is 0 Å². The highest BCUT2D eigenvalue weighted by molar-refractivity contribution is 4.90. The molecule has 0 spiro atoms. The van der Waals surface area contributed by atoms with Gasteiger partial charge in [-0.05, 0) is 12.8 Å². The Morgan fingerprint density at radius 1 is 1.56 bits per heavy atom. The predicted octanol–water partition coefficient (Wildman–Crippen LogP) is 0.216. The summed E-state index contributed by atoms with van der Waals surface area (Å²) in [5.74, 6) is 0. The Morgan fingerprint density at radius 3 is 3.44 bits per heavy atom. The van der Waals surface area contributed by atoms with Crippen LogP contribution in [0, 0.1) is 6.54 Å². The summed E-state index contributed by atoms with van der Waals surface area (Å²) in [7, 11) is 0. The van der Waals surface area contributed by atoms with Gasteiger partial charge in [-0.3, -0.25) is 4.90 Å². The molecule has 51 valence electrons. The lowest BCUT2D eigenvalue weighted by atomic mass is 10.2. The van der Waals surface area contributed by atoms with Crippen molar-refractivity contribution in [1.82, 2.24) is 10.2 Å². The summed E-state index contributed by atoms with van der Waals surface area (Å²) in [5, 5.41) is 3.39. The molecule has 2 fully saturated rings. The third kappa shape index (κ3) is 0.970. The average molecular weight is 125 g/mol. The summed E-state index contributed by atoms with van der Waals surface area (Å²) in [6.07, 6.45) is 2.67. The van der Waals surface area contributed by atoms with Crippen LogP contribution >= 0.6 is 0 Å². The summed E-state index contributed by atoms with van der Waals surface area (Å²) >= 11 is 0. The molecule has 2 nitrogen and oxygen atoms in total. The van der Waals surface area contributed by atoms with Gasteiger partial charge in [-0.15, -0.1) is 0 Å². The number of nitrogens with one attached hydrogen (secondary N) is 1. The molecule has 2 heterocycles. The molecular formula is C7H13N2. The van der Waals surface area contributed by atoms with E-state index in [4.69, 9.17) is 0 Å². The van der Waals surface area contributed by atoms with Crippen LogP contribution in [0.5, 0.6) is 0 Å². The van der Waals surface area contributed by atoms with Crippen molar-refractivity contribution in [2.24, 2.45) is 0 Å². The van der Waals surface area contributed by atoms with Gasteiger partial charge >= 0.3 is 0 Å². The third-order valence-electron chi connectivity index (χ3n) is 2.26. The van der Waals surface area contributed by atoms with Crippen molar-refractivity contribution < 1.29 is 0 Å². The first kappa shape index (κ1) is 5.69. The van der Waals surface area contributed by atoms with Crippen LogP contribution in [-0.4, -0.2) is 30.6 Å². The first-order chi connectivity index (χ1) is 4.47. The maximum absolute atomic E-state index is 3.39. The number of nitrogens with zero attached hydrogens (tertiary/aromatic N) is 1. The number of hydrogen-bond acceptors (Lipinski definition) is 2. The first-order valence-electron chi connectivity index (χ1n) is 3.76. The van der Waals surface area contributed by atoms with Crippen molar-refractivity contribution >= 4 is 0 Å². The van der Waals surface area contributed by atoms with E-state index < -0.39 is 0 Å². The SMILES string of the molecule is [CH]1CCC2CNCCN12. The zero-order valence-corrected chi connectivity index (χ0v) is 5.64. The van der Waals surface area contributed by atoms with E-state index in [9.17, 15) is 0 Å². The zero-order chi connectivity index (χ0) is 6.10. The Balaban J connectivity index is 1.97. The largest absolute Gasteiger partial charge is 0.314 e. The maximum atomic E-state index is 3.39. The molecule has 2 rings (SSSR count). The molecule has 0 aromatic heterocycles. The van der Waals surface area contributed by atoms with E-state index in [1.165, 1.54) is 32.5 Å². The maximum Gasteiger partial charge on any atom is 0.0256 e. The minimum Gasteiger partial charge on any atom is -0.314 e. The molecule has 9 heavy (non-hydrogen) atoms. The van der Waals surface area contributed by atoms with Gasteiger partial charge in [0.05, 0.1) is 0 Å². The molecule has 1 unspecified atom stereocenters. The Kier molecular flexibility index (Phi) is 1.44. The van der Waals surface area contributed by atoms with Crippen LogP contribution in [0.25, 0.3) is 0 Å². The summed E-state index contributed by atoms with van der Waals surface area (Å²) < 4.78 is 0. The first-order valence-corrected chi connectivity index (χ1v) is 3.76. The zero-order valence-electron chi connectivity index (χ0n) is 5.64. The second-order valence-electron chi connectivity index (χ2n) is 2.86. The molecule has 2 aliphatic heterocycles. The van der Waals surface area contributed by atoms with Crippen molar-refractivity contribution in [3.8, 4) is 0 Å². The van der Waals surface area contributed by atoms with Crippen LogP contribution in [0.3, 0.4) is 0 Å². The van der Waals surface area contributed by atoms with E-state index in [1.807, 2.05) is 0 Å². The second kappa shape index (κ2) is 2.27. The van der Waals surface area contributed by atoms with E-state index in [2.05, 4.69) is 16.8 Å². The second-order valence-corrected chi connectivity index (χ2v) is 2.86. The van der Waals surface area contributed by atoms with E-state index in [0.717, 1.165) is 6.04 Å². The lowest BCUT2D eigenvalue weighted by Crippen LogP contribution is -2.46. The molecule has 1 atom stereocenters. The quantitative estimate of drug-likeness (QED) is 0.498. The van der Waals surface area contributed by atoms with Crippen molar-refractivity contribution in [1.29, 1.82) is 0 Å². The van der Waals surface area contributed by atoms with Crippen molar-refractivity contribution in [2.45, 2.75) is 18.9 Å².